The number of fused-ring (bicyclic) bond motifs is 16. The highest BCUT2D eigenvalue weighted by atomic mass is 32.2. The molecule has 2 heterocycles. The zero-order valence-corrected chi connectivity index (χ0v) is 24.5. The van der Waals surface area contributed by atoms with Crippen LogP contribution in [0.25, 0.3) is 0 Å². The molecule has 0 aromatic heterocycles. The van der Waals surface area contributed by atoms with Gasteiger partial charge in [0.1, 0.15) is 30.5 Å². The predicted octanol–water partition coefficient (Wildman–Crippen LogP) is 3.23. The SMILES string of the molecule is COC(=O)[C@@H]1CSCCCCOc2ccc(cc2)C[C@H](NC(=O)OCc2ccccc2)C(=O)N[C@@H](C(C)C)C(=O)N1. The normalized spacial score (nSPS) is 20.8. The van der Waals surface area contributed by atoms with Crippen molar-refractivity contribution < 1.29 is 33.4 Å². The van der Waals surface area contributed by atoms with E-state index < -0.39 is 42.0 Å². The summed E-state index contributed by atoms with van der Waals surface area (Å²) in [5.41, 5.74) is 1.59. The van der Waals surface area contributed by atoms with Crippen LogP contribution in [-0.4, -0.2) is 67.2 Å². The second-order valence-corrected chi connectivity index (χ2v) is 11.2. The van der Waals surface area contributed by atoms with E-state index in [0.717, 1.165) is 29.7 Å². The van der Waals surface area contributed by atoms with Crippen molar-refractivity contribution in [1.29, 1.82) is 0 Å². The summed E-state index contributed by atoms with van der Waals surface area (Å²) in [5.74, 6) is -0.114. The highest BCUT2D eigenvalue weighted by Crippen LogP contribution is 2.16. The van der Waals surface area contributed by atoms with Crippen LogP contribution in [0, 0.1) is 5.92 Å². The standard InChI is InChI=1S/C30H39N3O7S/c1-20(2)26-28(35)31-25(29(36)38-3)19-41-16-8-7-15-39-23-13-11-21(12-14-23)17-24(27(34)33-26)32-30(37)40-18-22-9-5-4-6-10-22/h4-6,9-14,20,24-26H,7-8,15-19H2,1-3H3,(H,31,35)(H,32,37)(H,33,34)/t24-,25-,26-/m0/s1. The molecule has 2 bridgehead atoms. The van der Waals surface area contributed by atoms with Crippen LogP contribution in [0.1, 0.15) is 37.8 Å². The number of alkyl carbamates (subject to hydrolysis) is 1. The molecule has 0 aliphatic carbocycles. The summed E-state index contributed by atoms with van der Waals surface area (Å²) in [6, 6.07) is 13.7. The van der Waals surface area contributed by atoms with E-state index >= 15 is 0 Å². The van der Waals surface area contributed by atoms with Crippen LogP contribution >= 0.6 is 11.8 Å². The molecular weight excluding hydrogens is 546 g/mol. The highest BCUT2D eigenvalue weighted by molar-refractivity contribution is 7.99. The van der Waals surface area contributed by atoms with Gasteiger partial charge in [-0.3, -0.25) is 9.59 Å². The summed E-state index contributed by atoms with van der Waals surface area (Å²) in [6.45, 7) is 4.15. The van der Waals surface area contributed by atoms with E-state index in [1.807, 2.05) is 54.6 Å². The monoisotopic (exact) mass is 585 g/mol. The molecular formula is C30H39N3O7S. The molecule has 10 nitrogen and oxygen atoms in total. The van der Waals surface area contributed by atoms with Crippen LogP contribution in [0.3, 0.4) is 0 Å². The molecule has 2 aromatic rings. The summed E-state index contributed by atoms with van der Waals surface area (Å²) < 4.78 is 16.1. The van der Waals surface area contributed by atoms with Crippen LogP contribution < -0.4 is 20.7 Å². The van der Waals surface area contributed by atoms with Gasteiger partial charge < -0.3 is 30.2 Å². The Bertz CT molecular complexity index is 1140. The van der Waals surface area contributed by atoms with Gasteiger partial charge in [0.05, 0.1) is 13.7 Å². The summed E-state index contributed by atoms with van der Waals surface area (Å²) in [4.78, 5) is 51.9. The number of amides is 3. The Hall–Kier alpha value is -3.73. The van der Waals surface area contributed by atoms with Crippen molar-refractivity contribution in [3.05, 3.63) is 65.7 Å². The lowest BCUT2D eigenvalue weighted by Gasteiger charge is -2.27. The summed E-state index contributed by atoms with van der Waals surface area (Å²) in [7, 11) is 1.27. The fraction of sp³-hybridized carbons (Fsp3) is 0.467. The van der Waals surface area contributed by atoms with Crippen LogP contribution in [0.2, 0.25) is 0 Å². The van der Waals surface area contributed by atoms with E-state index in [9.17, 15) is 19.2 Å². The quantitative estimate of drug-likeness (QED) is 0.456. The zero-order chi connectivity index (χ0) is 29.6. The van der Waals surface area contributed by atoms with Crippen molar-refractivity contribution in [1.82, 2.24) is 16.0 Å². The summed E-state index contributed by atoms with van der Waals surface area (Å²) in [5, 5.41) is 8.16. The van der Waals surface area contributed by atoms with Crippen LogP contribution in [0.15, 0.2) is 54.6 Å². The number of carbonyl (C=O) groups excluding carboxylic acids is 4. The Balaban J connectivity index is 1.81. The lowest BCUT2D eigenvalue weighted by molar-refractivity contribution is -0.144. The first kappa shape index (κ1) is 31.8. The number of rotatable bonds is 5. The minimum absolute atomic E-state index is 0.0387. The third-order valence-corrected chi connectivity index (χ3v) is 7.62. The number of esters is 1. The van der Waals surface area contributed by atoms with Crippen molar-refractivity contribution in [3.8, 4) is 5.75 Å². The third kappa shape index (κ3) is 10.6. The fourth-order valence-corrected chi connectivity index (χ4v) is 5.16. The average molecular weight is 586 g/mol. The summed E-state index contributed by atoms with van der Waals surface area (Å²) in [6.07, 6.45) is 1.10. The lowest BCUT2D eigenvalue weighted by Crippen LogP contribution is -2.58. The van der Waals surface area contributed by atoms with Gasteiger partial charge in [0, 0.05) is 12.2 Å². The maximum atomic E-state index is 13.5. The second kappa shape index (κ2) is 16.5. The van der Waals surface area contributed by atoms with Crippen LogP contribution in [-0.2, 0) is 36.9 Å². The molecule has 3 N–H and O–H groups in total. The number of benzene rings is 2. The van der Waals surface area contributed by atoms with Crippen LogP contribution in [0.5, 0.6) is 5.75 Å². The number of ether oxygens (including phenoxy) is 3. The molecule has 11 heteroatoms. The Kier molecular flexibility index (Phi) is 12.8. The van der Waals surface area contributed by atoms with E-state index in [4.69, 9.17) is 14.2 Å². The number of methoxy groups -OCH3 is 1. The van der Waals surface area contributed by atoms with Gasteiger partial charge in [-0.2, -0.15) is 11.8 Å². The zero-order valence-electron chi connectivity index (χ0n) is 23.7. The molecule has 3 atom stereocenters. The molecule has 41 heavy (non-hydrogen) atoms. The fourth-order valence-electron chi connectivity index (χ4n) is 4.13. The molecule has 0 saturated heterocycles. The van der Waals surface area contributed by atoms with Crippen molar-refractivity contribution in [2.45, 2.75) is 57.8 Å². The van der Waals surface area contributed by atoms with E-state index in [0.29, 0.717) is 18.1 Å². The first-order valence-electron chi connectivity index (χ1n) is 13.7. The number of carbonyl (C=O) groups is 4. The molecule has 0 saturated carbocycles. The molecule has 2 aliphatic rings. The number of nitrogens with one attached hydrogen (secondary N) is 3. The lowest BCUT2D eigenvalue weighted by atomic mass is 10.0. The van der Waals surface area contributed by atoms with Gasteiger partial charge in [-0.25, -0.2) is 9.59 Å². The molecule has 4 rings (SSSR count). The first-order valence-corrected chi connectivity index (χ1v) is 14.9. The van der Waals surface area contributed by atoms with Crippen molar-refractivity contribution in [2.24, 2.45) is 5.92 Å². The summed E-state index contributed by atoms with van der Waals surface area (Å²) >= 11 is 1.53. The predicted molar refractivity (Wildman–Crippen MR) is 156 cm³/mol. The van der Waals surface area contributed by atoms with E-state index in [2.05, 4.69) is 16.0 Å². The Morgan fingerprint density at radius 3 is 2.44 bits per heavy atom. The largest absolute Gasteiger partial charge is 0.494 e. The van der Waals surface area contributed by atoms with E-state index in [1.54, 1.807) is 13.8 Å². The number of thioether (sulfide) groups is 1. The number of hydrogen-bond acceptors (Lipinski definition) is 8. The van der Waals surface area contributed by atoms with E-state index in [1.165, 1.54) is 18.9 Å². The van der Waals surface area contributed by atoms with E-state index in [-0.39, 0.29) is 18.9 Å². The van der Waals surface area contributed by atoms with Crippen molar-refractivity contribution in [3.63, 3.8) is 0 Å². The highest BCUT2D eigenvalue weighted by Gasteiger charge is 2.32. The van der Waals surface area contributed by atoms with Gasteiger partial charge in [-0.15, -0.1) is 0 Å². The minimum atomic E-state index is -1.03. The topological polar surface area (TPSA) is 132 Å². The average Bonchev–Trinajstić information content (AvgIpc) is 2.97. The van der Waals surface area contributed by atoms with Crippen LogP contribution in [0.4, 0.5) is 4.79 Å². The van der Waals surface area contributed by atoms with Gasteiger partial charge >= 0.3 is 12.1 Å². The number of hydrogen-bond donors (Lipinski definition) is 3. The molecule has 0 fully saturated rings. The molecule has 3 amide bonds. The van der Waals surface area contributed by atoms with Gasteiger partial charge in [-0.05, 0) is 47.8 Å². The second-order valence-electron chi connectivity index (χ2n) is 10.1. The Labute approximate surface area is 245 Å². The van der Waals surface area contributed by atoms with Crippen molar-refractivity contribution in [2.75, 3.05) is 25.2 Å². The molecule has 2 aliphatic heterocycles. The van der Waals surface area contributed by atoms with Gasteiger partial charge in [0.25, 0.3) is 0 Å². The Morgan fingerprint density at radius 1 is 1.02 bits per heavy atom. The maximum absolute atomic E-state index is 13.5. The Morgan fingerprint density at radius 2 is 1.76 bits per heavy atom. The van der Waals surface area contributed by atoms with Gasteiger partial charge in [-0.1, -0.05) is 56.3 Å². The maximum Gasteiger partial charge on any atom is 0.408 e. The molecule has 2 aromatic carbocycles. The third-order valence-electron chi connectivity index (χ3n) is 6.47. The van der Waals surface area contributed by atoms with Crippen molar-refractivity contribution >= 4 is 35.6 Å². The molecule has 0 unspecified atom stereocenters. The molecule has 0 spiro atoms. The smallest absolute Gasteiger partial charge is 0.408 e. The minimum Gasteiger partial charge on any atom is -0.494 e. The van der Waals surface area contributed by atoms with Gasteiger partial charge in [0.2, 0.25) is 11.8 Å². The first-order chi connectivity index (χ1) is 19.8. The molecule has 0 radical (unpaired) electrons. The van der Waals surface area contributed by atoms with Gasteiger partial charge in [0.15, 0.2) is 0 Å². The molecule has 222 valence electrons.